The molecule has 3 aromatic rings. The fourth-order valence-electron chi connectivity index (χ4n) is 2.80. The van der Waals surface area contributed by atoms with Crippen molar-refractivity contribution in [1.82, 2.24) is 5.43 Å². The predicted molar refractivity (Wildman–Crippen MR) is 115 cm³/mol. The Labute approximate surface area is 178 Å². The highest BCUT2D eigenvalue weighted by Gasteiger charge is 2.14. The Hall–Kier alpha value is -4.20. The smallest absolute Gasteiger partial charge is 0.379 e. The molecule has 0 saturated carbocycles. The van der Waals surface area contributed by atoms with Gasteiger partial charge < -0.3 is 14.5 Å². The van der Waals surface area contributed by atoms with Crippen LogP contribution in [-0.2, 0) is 9.59 Å². The summed E-state index contributed by atoms with van der Waals surface area (Å²) in [6.07, 6.45) is 1.38. The minimum atomic E-state index is -0.887. The maximum atomic E-state index is 12.1. The van der Waals surface area contributed by atoms with Crippen molar-refractivity contribution in [3.63, 3.8) is 0 Å². The van der Waals surface area contributed by atoms with Gasteiger partial charge in [0.15, 0.2) is 0 Å². The van der Waals surface area contributed by atoms with E-state index in [1.54, 1.807) is 49.4 Å². The molecule has 3 rings (SSSR count). The molecular formula is C23H21N3O5. The zero-order chi connectivity index (χ0) is 22.4. The number of nitrogens with zero attached hydrogens (tertiary/aromatic N) is 1. The van der Waals surface area contributed by atoms with Gasteiger partial charge in [-0.15, -0.1) is 0 Å². The minimum absolute atomic E-state index is 0.101. The molecule has 1 heterocycles. The Morgan fingerprint density at radius 2 is 1.61 bits per heavy atom. The highest BCUT2D eigenvalue weighted by molar-refractivity contribution is 6.39. The van der Waals surface area contributed by atoms with E-state index >= 15 is 0 Å². The van der Waals surface area contributed by atoms with E-state index in [1.807, 2.05) is 19.9 Å². The summed E-state index contributed by atoms with van der Waals surface area (Å²) in [6, 6.07) is 15.1. The number of ether oxygens (including phenoxy) is 1. The summed E-state index contributed by atoms with van der Waals surface area (Å²) in [5.41, 5.74) is 5.87. The Bertz CT molecular complexity index is 1110. The van der Waals surface area contributed by atoms with Gasteiger partial charge in [0.05, 0.1) is 12.0 Å². The number of benzene rings is 2. The highest BCUT2D eigenvalue weighted by Crippen LogP contribution is 2.15. The number of carbonyl (C=O) groups is 3. The van der Waals surface area contributed by atoms with Crippen LogP contribution in [0.5, 0.6) is 5.75 Å². The van der Waals surface area contributed by atoms with E-state index in [1.165, 1.54) is 12.3 Å². The first-order chi connectivity index (χ1) is 14.8. The van der Waals surface area contributed by atoms with Crippen LogP contribution in [0.1, 0.15) is 34.2 Å². The van der Waals surface area contributed by atoms with E-state index in [2.05, 4.69) is 15.8 Å². The molecule has 8 heteroatoms. The van der Waals surface area contributed by atoms with E-state index in [9.17, 15) is 14.4 Å². The van der Waals surface area contributed by atoms with E-state index in [4.69, 9.17) is 9.15 Å². The van der Waals surface area contributed by atoms with Crippen LogP contribution in [0.2, 0.25) is 0 Å². The van der Waals surface area contributed by atoms with Crippen molar-refractivity contribution in [3.05, 3.63) is 83.3 Å². The topological polar surface area (TPSA) is 110 Å². The summed E-state index contributed by atoms with van der Waals surface area (Å²) in [5.74, 6) is -1.88. The minimum Gasteiger partial charge on any atom is -0.457 e. The number of esters is 1. The van der Waals surface area contributed by atoms with Gasteiger partial charge in [0.1, 0.15) is 5.75 Å². The molecule has 0 unspecified atom stereocenters. The third kappa shape index (κ3) is 5.89. The Morgan fingerprint density at radius 3 is 2.23 bits per heavy atom. The molecular weight excluding hydrogens is 398 g/mol. The van der Waals surface area contributed by atoms with Crippen LogP contribution in [0.3, 0.4) is 0 Å². The van der Waals surface area contributed by atoms with Crippen LogP contribution in [0.25, 0.3) is 0 Å². The van der Waals surface area contributed by atoms with Gasteiger partial charge in [-0.1, -0.05) is 6.07 Å². The summed E-state index contributed by atoms with van der Waals surface area (Å²) in [4.78, 5) is 36.0. The molecule has 2 aromatic carbocycles. The largest absolute Gasteiger partial charge is 0.457 e. The number of hydrogen-bond acceptors (Lipinski definition) is 6. The second-order valence-corrected chi connectivity index (χ2v) is 6.86. The van der Waals surface area contributed by atoms with Crippen molar-refractivity contribution < 1.29 is 23.5 Å². The van der Waals surface area contributed by atoms with Gasteiger partial charge in [0, 0.05) is 5.69 Å². The number of furan rings is 1. The van der Waals surface area contributed by atoms with E-state index < -0.39 is 17.8 Å². The third-order valence-corrected chi connectivity index (χ3v) is 4.22. The van der Waals surface area contributed by atoms with Crippen LogP contribution in [-0.4, -0.2) is 23.5 Å². The maximum Gasteiger partial charge on any atom is 0.379 e. The summed E-state index contributed by atoms with van der Waals surface area (Å²) in [7, 11) is 0. The number of carbonyl (C=O) groups excluding carboxylic acids is 3. The second-order valence-electron chi connectivity index (χ2n) is 6.86. The van der Waals surface area contributed by atoms with Crippen LogP contribution in [0.4, 0.5) is 5.69 Å². The lowest BCUT2D eigenvalue weighted by atomic mass is 10.1. The SMILES string of the molecule is C/C(=N\NC(=O)C(=O)Nc1cc(C)cc(C)c1)c1ccc(OC(=O)c2ccco2)cc1. The molecule has 0 bridgehead atoms. The van der Waals surface area contributed by atoms with Crippen LogP contribution < -0.4 is 15.5 Å². The number of hydrogen-bond donors (Lipinski definition) is 2. The van der Waals surface area contributed by atoms with Crippen molar-refractivity contribution in [2.24, 2.45) is 5.10 Å². The number of rotatable bonds is 5. The summed E-state index contributed by atoms with van der Waals surface area (Å²) in [6.45, 7) is 5.48. The van der Waals surface area contributed by atoms with Crippen molar-refractivity contribution in [1.29, 1.82) is 0 Å². The normalized spacial score (nSPS) is 11.0. The van der Waals surface area contributed by atoms with Crippen molar-refractivity contribution in [3.8, 4) is 5.75 Å². The van der Waals surface area contributed by atoms with Crippen LogP contribution >= 0.6 is 0 Å². The van der Waals surface area contributed by atoms with Gasteiger partial charge in [-0.3, -0.25) is 9.59 Å². The summed E-state index contributed by atoms with van der Waals surface area (Å²) >= 11 is 0. The number of hydrazone groups is 1. The molecule has 2 amide bonds. The zero-order valence-corrected chi connectivity index (χ0v) is 17.3. The number of amides is 2. The zero-order valence-electron chi connectivity index (χ0n) is 17.3. The molecule has 0 aliphatic heterocycles. The molecule has 2 N–H and O–H groups in total. The molecule has 31 heavy (non-hydrogen) atoms. The maximum absolute atomic E-state index is 12.1. The first-order valence-corrected chi connectivity index (χ1v) is 9.42. The summed E-state index contributed by atoms with van der Waals surface area (Å²) in [5, 5.41) is 6.50. The van der Waals surface area contributed by atoms with Gasteiger partial charge in [-0.2, -0.15) is 5.10 Å². The first-order valence-electron chi connectivity index (χ1n) is 9.42. The fraction of sp³-hybridized carbons (Fsp3) is 0.130. The van der Waals surface area contributed by atoms with Gasteiger partial charge >= 0.3 is 17.8 Å². The lowest BCUT2D eigenvalue weighted by Crippen LogP contribution is -2.33. The Kier molecular flexibility index (Phi) is 6.61. The molecule has 0 spiro atoms. The third-order valence-electron chi connectivity index (χ3n) is 4.22. The molecule has 0 saturated heterocycles. The predicted octanol–water partition coefficient (Wildman–Crippen LogP) is 3.59. The molecule has 0 radical (unpaired) electrons. The molecule has 158 valence electrons. The average Bonchev–Trinajstić information content (AvgIpc) is 3.26. The average molecular weight is 419 g/mol. The number of nitrogens with one attached hydrogen (secondary N) is 2. The molecule has 0 atom stereocenters. The summed E-state index contributed by atoms with van der Waals surface area (Å²) < 4.78 is 10.2. The second kappa shape index (κ2) is 9.53. The van der Waals surface area contributed by atoms with Crippen molar-refractivity contribution >= 4 is 29.2 Å². The lowest BCUT2D eigenvalue weighted by Gasteiger charge is -2.07. The molecule has 8 nitrogen and oxygen atoms in total. The Morgan fingerprint density at radius 1 is 0.935 bits per heavy atom. The lowest BCUT2D eigenvalue weighted by molar-refractivity contribution is -0.136. The number of aryl methyl sites for hydroxylation is 2. The van der Waals surface area contributed by atoms with Crippen molar-refractivity contribution in [2.75, 3.05) is 5.32 Å². The van der Waals surface area contributed by atoms with Crippen LogP contribution in [0.15, 0.2) is 70.4 Å². The van der Waals surface area contributed by atoms with E-state index in [0.29, 0.717) is 22.7 Å². The van der Waals surface area contributed by atoms with Gasteiger partial charge in [-0.25, -0.2) is 10.2 Å². The number of anilines is 1. The quantitative estimate of drug-likeness (QED) is 0.216. The standard InChI is InChI=1S/C23H21N3O5/c1-14-11-15(2)13-18(12-14)24-21(27)22(28)26-25-16(3)17-6-8-19(9-7-17)31-23(29)20-5-4-10-30-20/h4-13H,1-3H3,(H,24,27)(H,26,28)/b25-16+. The van der Waals surface area contributed by atoms with E-state index in [-0.39, 0.29) is 5.76 Å². The van der Waals surface area contributed by atoms with Gasteiger partial charge in [0.2, 0.25) is 5.76 Å². The molecule has 1 aromatic heterocycles. The Balaban J connectivity index is 1.57. The van der Waals surface area contributed by atoms with Crippen LogP contribution in [0, 0.1) is 13.8 Å². The molecule has 0 aliphatic rings. The monoisotopic (exact) mass is 419 g/mol. The first kappa shape index (κ1) is 21.5. The molecule has 0 fully saturated rings. The molecule has 0 aliphatic carbocycles. The van der Waals surface area contributed by atoms with E-state index in [0.717, 1.165) is 11.1 Å². The fourth-order valence-corrected chi connectivity index (χ4v) is 2.80. The van der Waals surface area contributed by atoms with Crippen molar-refractivity contribution in [2.45, 2.75) is 20.8 Å². The van der Waals surface area contributed by atoms with Gasteiger partial charge in [0.25, 0.3) is 0 Å². The highest BCUT2D eigenvalue weighted by atomic mass is 16.5. The van der Waals surface area contributed by atoms with Gasteiger partial charge in [-0.05, 0) is 86.0 Å².